The molecule has 0 aliphatic heterocycles. The summed E-state index contributed by atoms with van der Waals surface area (Å²) < 4.78 is 0. The molecule has 0 aliphatic carbocycles. The van der Waals surface area contributed by atoms with E-state index in [4.69, 9.17) is 5.84 Å². The number of para-hydroxylation sites is 1. The maximum atomic E-state index is 11.4. The van der Waals surface area contributed by atoms with Gasteiger partial charge in [-0.2, -0.15) is 0 Å². The number of nitrogens with one attached hydrogen (secondary N) is 1. The molecule has 3 N–H and O–H groups in total. The highest BCUT2D eigenvalue weighted by molar-refractivity contribution is 5.76. The molecule has 6 nitrogen and oxygen atoms in total. The van der Waals surface area contributed by atoms with Crippen LogP contribution in [0.5, 0.6) is 0 Å². The third-order valence-electron chi connectivity index (χ3n) is 3.29. The summed E-state index contributed by atoms with van der Waals surface area (Å²) in [5, 5.41) is 11.4. The van der Waals surface area contributed by atoms with Gasteiger partial charge in [-0.05, 0) is 24.6 Å². The molecule has 0 bridgehead atoms. The summed E-state index contributed by atoms with van der Waals surface area (Å²) in [6.07, 6.45) is 0. The van der Waals surface area contributed by atoms with Crippen LogP contribution in [0.25, 0.3) is 0 Å². The Kier molecular flexibility index (Phi) is 4.73. The van der Waals surface area contributed by atoms with Gasteiger partial charge in [-0.1, -0.05) is 36.4 Å². The van der Waals surface area contributed by atoms with Gasteiger partial charge in [0.25, 0.3) is 0 Å². The number of hydrazine groups is 1. The maximum absolute atomic E-state index is 11.4. The Morgan fingerprint density at radius 1 is 1.19 bits per heavy atom. The summed E-state index contributed by atoms with van der Waals surface area (Å²) in [5.41, 5.74) is 4.35. The lowest BCUT2D eigenvalue weighted by molar-refractivity contribution is -0.383. The lowest BCUT2D eigenvalue weighted by Crippen LogP contribution is -2.23. The Balaban J connectivity index is 2.40. The quantitative estimate of drug-likeness (QED) is 0.484. The van der Waals surface area contributed by atoms with Crippen LogP contribution in [0.2, 0.25) is 0 Å². The first-order valence-electron chi connectivity index (χ1n) is 6.70. The predicted octanol–water partition coefficient (Wildman–Crippen LogP) is 2.91. The van der Waals surface area contributed by atoms with E-state index in [0.29, 0.717) is 24.5 Å². The summed E-state index contributed by atoms with van der Waals surface area (Å²) in [7, 11) is 0. The lowest BCUT2D eigenvalue weighted by Gasteiger charge is -2.23. The number of nitrogens with two attached hydrogens (primary N) is 1. The molecule has 21 heavy (non-hydrogen) atoms. The summed E-state index contributed by atoms with van der Waals surface area (Å²) in [4.78, 5) is 12.9. The molecule has 0 heterocycles. The van der Waals surface area contributed by atoms with E-state index < -0.39 is 4.92 Å². The van der Waals surface area contributed by atoms with E-state index in [1.807, 2.05) is 42.2 Å². The SMILES string of the molecule is CCN(Cc1ccccc1)c1cccc(NN)c1[N+](=O)[O-]. The summed E-state index contributed by atoms with van der Waals surface area (Å²) in [6, 6.07) is 14.9. The zero-order valence-corrected chi connectivity index (χ0v) is 11.8. The van der Waals surface area contributed by atoms with Crippen molar-refractivity contribution in [2.75, 3.05) is 16.9 Å². The zero-order chi connectivity index (χ0) is 15.2. The number of rotatable bonds is 6. The number of hydrogen-bond donors (Lipinski definition) is 2. The molecule has 0 aliphatic rings. The van der Waals surface area contributed by atoms with Crippen molar-refractivity contribution in [3.63, 3.8) is 0 Å². The van der Waals surface area contributed by atoms with E-state index in [9.17, 15) is 10.1 Å². The molecule has 0 unspecified atom stereocenters. The fourth-order valence-corrected chi connectivity index (χ4v) is 2.27. The molecule has 2 aromatic carbocycles. The van der Waals surface area contributed by atoms with Crippen LogP contribution in [0.1, 0.15) is 12.5 Å². The average molecular weight is 286 g/mol. The molecule has 0 fully saturated rings. The second-order valence-electron chi connectivity index (χ2n) is 4.57. The number of benzene rings is 2. The van der Waals surface area contributed by atoms with Crippen LogP contribution >= 0.6 is 0 Å². The third-order valence-corrected chi connectivity index (χ3v) is 3.29. The molecule has 110 valence electrons. The molecule has 0 aromatic heterocycles. The van der Waals surface area contributed by atoms with E-state index in [2.05, 4.69) is 5.43 Å². The number of hydrogen-bond acceptors (Lipinski definition) is 5. The van der Waals surface area contributed by atoms with Crippen LogP contribution in [0.3, 0.4) is 0 Å². The van der Waals surface area contributed by atoms with Gasteiger partial charge in [0.15, 0.2) is 0 Å². The van der Waals surface area contributed by atoms with Crippen molar-refractivity contribution in [3.05, 3.63) is 64.2 Å². The molecule has 0 spiro atoms. The number of nitro benzene ring substituents is 1. The van der Waals surface area contributed by atoms with E-state index >= 15 is 0 Å². The minimum Gasteiger partial charge on any atom is -0.362 e. The van der Waals surface area contributed by atoms with Crippen molar-refractivity contribution >= 4 is 17.1 Å². The van der Waals surface area contributed by atoms with Gasteiger partial charge in [-0.3, -0.25) is 16.0 Å². The van der Waals surface area contributed by atoms with Gasteiger partial charge in [-0.25, -0.2) is 0 Å². The van der Waals surface area contributed by atoms with Crippen molar-refractivity contribution in [2.24, 2.45) is 5.84 Å². The highest BCUT2D eigenvalue weighted by Gasteiger charge is 2.22. The summed E-state index contributed by atoms with van der Waals surface area (Å²) in [5.74, 6) is 5.38. The zero-order valence-electron chi connectivity index (χ0n) is 11.8. The van der Waals surface area contributed by atoms with Gasteiger partial charge in [0.1, 0.15) is 11.4 Å². The second-order valence-corrected chi connectivity index (χ2v) is 4.57. The van der Waals surface area contributed by atoms with Crippen LogP contribution < -0.4 is 16.2 Å². The molecule has 2 rings (SSSR count). The summed E-state index contributed by atoms with van der Waals surface area (Å²) >= 11 is 0. The van der Waals surface area contributed by atoms with Crippen molar-refractivity contribution in [1.29, 1.82) is 0 Å². The Labute approximate surface area is 123 Å². The van der Waals surface area contributed by atoms with Crippen LogP contribution in [0, 0.1) is 10.1 Å². The minimum absolute atomic E-state index is 0.00205. The van der Waals surface area contributed by atoms with Gasteiger partial charge >= 0.3 is 5.69 Å². The monoisotopic (exact) mass is 286 g/mol. The Bertz CT molecular complexity index is 616. The first-order valence-corrected chi connectivity index (χ1v) is 6.70. The van der Waals surface area contributed by atoms with Crippen LogP contribution in [0.15, 0.2) is 48.5 Å². The molecule has 0 radical (unpaired) electrons. The first-order chi connectivity index (χ1) is 10.2. The van der Waals surface area contributed by atoms with Crippen molar-refractivity contribution in [3.8, 4) is 0 Å². The normalized spacial score (nSPS) is 10.2. The van der Waals surface area contributed by atoms with Gasteiger partial charge in [-0.15, -0.1) is 0 Å². The third kappa shape index (κ3) is 3.29. The fraction of sp³-hybridized carbons (Fsp3) is 0.200. The molecule has 6 heteroatoms. The Hall–Kier alpha value is -2.60. The van der Waals surface area contributed by atoms with E-state index in [0.717, 1.165) is 5.56 Å². The van der Waals surface area contributed by atoms with Gasteiger partial charge in [0, 0.05) is 13.1 Å². The smallest absolute Gasteiger partial charge is 0.316 e. The minimum atomic E-state index is -0.405. The molecule has 0 atom stereocenters. The average Bonchev–Trinajstić information content (AvgIpc) is 2.52. The van der Waals surface area contributed by atoms with Gasteiger partial charge in [0.2, 0.25) is 0 Å². The highest BCUT2D eigenvalue weighted by Crippen LogP contribution is 2.35. The predicted molar refractivity (Wildman–Crippen MR) is 84.1 cm³/mol. The number of nitrogens with zero attached hydrogens (tertiary/aromatic N) is 2. The van der Waals surface area contributed by atoms with Gasteiger partial charge in [0.05, 0.1) is 4.92 Å². The fourth-order valence-electron chi connectivity index (χ4n) is 2.27. The van der Waals surface area contributed by atoms with E-state index in [1.165, 1.54) is 0 Å². The lowest BCUT2D eigenvalue weighted by atomic mass is 10.1. The Morgan fingerprint density at radius 2 is 1.90 bits per heavy atom. The van der Waals surface area contributed by atoms with Crippen molar-refractivity contribution in [2.45, 2.75) is 13.5 Å². The highest BCUT2D eigenvalue weighted by atomic mass is 16.6. The standard InChI is InChI=1S/C15H18N4O2/c1-2-18(11-12-7-4-3-5-8-12)14-10-6-9-13(17-16)15(14)19(20)21/h3-10,17H,2,11,16H2,1H3. The van der Waals surface area contributed by atoms with E-state index in [1.54, 1.807) is 18.2 Å². The Morgan fingerprint density at radius 3 is 2.48 bits per heavy atom. The van der Waals surface area contributed by atoms with Crippen LogP contribution in [-0.2, 0) is 6.54 Å². The number of anilines is 2. The molecule has 0 saturated heterocycles. The molecule has 0 amide bonds. The molecular formula is C15H18N4O2. The first kappa shape index (κ1) is 14.8. The molecule has 0 saturated carbocycles. The molecule has 2 aromatic rings. The molecular weight excluding hydrogens is 268 g/mol. The van der Waals surface area contributed by atoms with Crippen molar-refractivity contribution in [1.82, 2.24) is 0 Å². The summed E-state index contributed by atoms with van der Waals surface area (Å²) in [6.45, 7) is 3.23. The van der Waals surface area contributed by atoms with Crippen LogP contribution in [-0.4, -0.2) is 11.5 Å². The second kappa shape index (κ2) is 6.71. The topological polar surface area (TPSA) is 84.4 Å². The van der Waals surface area contributed by atoms with E-state index in [-0.39, 0.29) is 5.69 Å². The van der Waals surface area contributed by atoms with Gasteiger partial charge < -0.3 is 10.3 Å². The maximum Gasteiger partial charge on any atom is 0.316 e. The van der Waals surface area contributed by atoms with Crippen LogP contribution in [0.4, 0.5) is 17.1 Å². The largest absolute Gasteiger partial charge is 0.362 e. The number of nitrogen functional groups attached to an aromatic ring is 1. The van der Waals surface area contributed by atoms with Crippen molar-refractivity contribution < 1.29 is 4.92 Å². The number of nitro groups is 1.